The van der Waals surface area contributed by atoms with Gasteiger partial charge in [-0.2, -0.15) is 0 Å². The summed E-state index contributed by atoms with van der Waals surface area (Å²) in [6.45, 7) is 0.231. The van der Waals surface area contributed by atoms with E-state index in [0.717, 1.165) is 4.88 Å². The Morgan fingerprint density at radius 1 is 1.30 bits per heavy atom. The van der Waals surface area contributed by atoms with Gasteiger partial charge in [-0.15, -0.1) is 11.3 Å². The van der Waals surface area contributed by atoms with E-state index in [2.05, 4.69) is 9.71 Å². The zero-order valence-corrected chi connectivity index (χ0v) is 11.8. The fourth-order valence-corrected chi connectivity index (χ4v) is 3.51. The molecule has 0 aliphatic carbocycles. The maximum atomic E-state index is 12.1. The molecule has 2 heterocycles. The maximum absolute atomic E-state index is 12.1. The van der Waals surface area contributed by atoms with Gasteiger partial charge in [0, 0.05) is 17.5 Å². The van der Waals surface area contributed by atoms with Gasteiger partial charge in [-0.3, -0.25) is 4.98 Å². The van der Waals surface area contributed by atoms with Crippen molar-refractivity contribution in [1.29, 1.82) is 0 Å². The summed E-state index contributed by atoms with van der Waals surface area (Å²) in [4.78, 5) is 14.5. The van der Waals surface area contributed by atoms with E-state index in [1.807, 2.05) is 17.5 Å². The molecule has 104 valence electrons. The first-order valence-electron chi connectivity index (χ1n) is 5.69. The molecule has 0 fully saturated rings. The van der Waals surface area contributed by atoms with Crippen molar-refractivity contribution < 1.29 is 12.8 Å². The minimum absolute atomic E-state index is 0.0595. The van der Waals surface area contributed by atoms with Gasteiger partial charge < -0.3 is 4.42 Å². The highest BCUT2D eigenvalue weighted by Gasteiger charge is 2.15. The molecule has 0 atom stereocenters. The zero-order chi connectivity index (χ0) is 14.2. The molecule has 3 rings (SSSR count). The highest BCUT2D eigenvalue weighted by Crippen LogP contribution is 2.17. The van der Waals surface area contributed by atoms with E-state index in [4.69, 9.17) is 4.42 Å². The Kier molecular flexibility index (Phi) is 3.20. The largest absolute Gasteiger partial charge is 0.417 e. The van der Waals surface area contributed by atoms with Crippen LogP contribution < -0.4 is 10.5 Å². The van der Waals surface area contributed by atoms with Crippen molar-refractivity contribution in [3.8, 4) is 0 Å². The molecule has 0 bridgehead atoms. The van der Waals surface area contributed by atoms with Crippen LogP contribution in [0.4, 0.5) is 0 Å². The van der Waals surface area contributed by atoms with Gasteiger partial charge in [0.2, 0.25) is 10.0 Å². The molecule has 3 aromatic rings. The Labute approximate surface area is 118 Å². The summed E-state index contributed by atoms with van der Waals surface area (Å²) in [6.07, 6.45) is 0. The van der Waals surface area contributed by atoms with Crippen LogP contribution in [0.1, 0.15) is 4.88 Å². The first kappa shape index (κ1) is 13.1. The lowest BCUT2D eigenvalue weighted by Crippen LogP contribution is -2.22. The molecule has 0 saturated heterocycles. The number of rotatable bonds is 4. The molecule has 0 amide bonds. The number of hydrogen-bond acceptors (Lipinski definition) is 5. The minimum atomic E-state index is -3.64. The molecule has 8 heteroatoms. The van der Waals surface area contributed by atoms with Crippen molar-refractivity contribution in [1.82, 2.24) is 9.71 Å². The molecule has 0 spiro atoms. The molecule has 0 aliphatic rings. The molecule has 0 radical (unpaired) electrons. The third kappa shape index (κ3) is 2.53. The van der Waals surface area contributed by atoms with Crippen LogP contribution in [0.25, 0.3) is 11.1 Å². The van der Waals surface area contributed by atoms with Crippen molar-refractivity contribution in [2.75, 3.05) is 0 Å². The summed E-state index contributed by atoms with van der Waals surface area (Å²) in [5, 5.41) is 1.88. The van der Waals surface area contributed by atoms with Crippen molar-refractivity contribution in [3.63, 3.8) is 0 Å². The van der Waals surface area contributed by atoms with Gasteiger partial charge in [-0.1, -0.05) is 6.07 Å². The number of fused-ring (bicyclic) bond motifs is 1. The van der Waals surface area contributed by atoms with Crippen molar-refractivity contribution >= 4 is 32.5 Å². The smallest absolute Gasteiger partial charge is 0.408 e. The summed E-state index contributed by atoms with van der Waals surface area (Å²) < 4.78 is 31.6. The zero-order valence-electron chi connectivity index (χ0n) is 10.1. The Morgan fingerprint density at radius 2 is 2.15 bits per heavy atom. The number of aromatic amines is 1. The lowest BCUT2D eigenvalue weighted by molar-refractivity contribution is 0.553. The average molecular weight is 310 g/mol. The molecular formula is C12H10N2O4S2. The van der Waals surface area contributed by atoms with Crippen molar-refractivity contribution in [3.05, 3.63) is 51.1 Å². The van der Waals surface area contributed by atoms with Crippen LogP contribution in [0.2, 0.25) is 0 Å². The fourth-order valence-electron chi connectivity index (χ4n) is 1.76. The van der Waals surface area contributed by atoms with Crippen LogP contribution in [0.3, 0.4) is 0 Å². The normalized spacial score (nSPS) is 12.0. The second-order valence-electron chi connectivity index (χ2n) is 4.08. The molecule has 0 aliphatic heterocycles. The van der Waals surface area contributed by atoms with Crippen LogP contribution in [-0.2, 0) is 16.6 Å². The van der Waals surface area contributed by atoms with Crippen molar-refractivity contribution in [2.45, 2.75) is 11.4 Å². The second-order valence-corrected chi connectivity index (χ2v) is 6.88. The molecule has 0 saturated carbocycles. The van der Waals surface area contributed by atoms with Crippen LogP contribution in [0, 0.1) is 0 Å². The third-order valence-corrected chi connectivity index (χ3v) is 4.99. The number of benzene rings is 1. The molecule has 20 heavy (non-hydrogen) atoms. The maximum Gasteiger partial charge on any atom is 0.417 e. The van der Waals surface area contributed by atoms with Gasteiger partial charge in [0.05, 0.1) is 10.4 Å². The Morgan fingerprint density at radius 3 is 2.90 bits per heavy atom. The van der Waals surface area contributed by atoms with Crippen molar-refractivity contribution in [2.24, 2.45) is 0 Å². The van der Waals surface area contributed by atoms with Gasteiger partial charge in [0.25, 0.3) is 0 Å². The topological polar surface area (TPSA) is 92.2 Å². The van der Waals surface area contributed by atoms with Gasteiger partial charge in [-0.25, -0.2) is 17.9 Å². The second kappa shape index (κ2) is 4.89. The minimum Gasteiger partial charge on any atom is -0.408 e. The van der Waals surface area contributed by atoms with E-state index in [9.17, 15) is 13.2 Å². The SMILES string of the molecule is O=c1[nH]c2ccc(S(=O)(=O)NCc3cccs3)cc2o1. The van der Waals surface area contributed by atoms with Gasteiger partial charge in [0.1, 0.15) is 0 Å². The van der Waals surface area contributed by atoms with Gasteiger partial charge in [0.15, 0.2) is 5.58 Å². The van der Waals surface area contributed by atoms with E-state index in [1.165, 1.54) is 29.5 Å². The predicted molar refractivity (Wildman–Crippen MR) is 75.2 cm³/mol. The first-order chi connectivity index (χ1) is 9.54. The first-order valence-corrected chi connectivity index (χ1v) is 8.06. The number of nitrogens with one attached hydrogen (secondary N) is 2. The third-order valence-electron chi connectivity index (χ3n) is 2.72. The van der Waals surface area contributed by atoms with Crippen LogP contribution in [0.5, 0.6) is 0 Å². The molecular weight excluding hydrogens is 300 g/mol. The summed E-state index contributed by atoms with van der Waals surface area (Å²) >= 11 is 1.47. The van der Waals surface area contributed by atoms with E-state index >= 15 is 0 Å². The van der Waals surface area contributed by atoms with Crippen LogP contribution in [-0.4, -0.2) is 13.4 Å². The summed E-state index contributed by atoms with van der Waals surface area (Å²) in [6, 6.07) is 7.95. The van der Waals surface area contributed by atoms with Gasteiger partial charge >= 0.3 is 5.76 Å². The Balaban J connectivity index is 1.90. The highest BCUT2D eigenvalue weighted by atomic mass is 32.2. The van der Waals surface area contributed by atoms with Crippen LogP contribution in [0.15, 0.2) is 49.8 Å². The molecule has 2 N–H and O–H groups in total. The number of hydrogen-bond donors (Lipinski definition) is 2. The van der Waals surface area contributed by atoms with E-state index < -0.39 is 15.8 Å². The van der Waals surface area contributed by atoms with Crippen LogP contribution >= 0.6 is 11.3 Å². The monoisotopic (exact) mass is 310 g/mol. The van der Waals surface area contributed by atoms with E-state index in [-0.39, 0.29) is 17.0 Å². The highest BCUT2D eigenvalue weighted by molar-refractivity contribution is 7.89. The molecule has 6 nitrogen and oxygen atoms in total. The number of H-pyrrole nitrogens is 1. The van der Waals surface area contributed by atoms with Gasteiger partial charge in [-0.05, 0) is 23.6 Å². The predicted octanol–water partition coefficient (Wildman–Crippen LogP) is 1.66. The molecule has 1 aromatic carbocycles. The summed E-state index contributed by atoms with van der Waals surface area (Å²) in [5.74, 6) is -0.610. The fraction of sp³-hybridized carbons (Fsp3) is 0.0833. The molecule has 0 unspecified atom stereocenters. The summed E-state index contributed by atoms with van der Waals surface area (Å²) in [5.41, 5.74) is 0.682. The lowest BCUT2D eigenvalue weighted by Gasteiger charge is -2.05. The quantitative estimate of drug-likeness (QED) is 0.766. The van der Waals surface area contributed by atoms with E-state index in [1.54, 1.807) is 0 Å². The average Bonchev–Trinajstić information content (AvgIpc) is 3.03. The Hall–Kier alpha value is -1.90. The summed E-state index contributed by atoms with van der Waals surface area (Å²) in [7, 11) is -3.64. The number of oxazole rings is 1. The Bertz CT molecular complexity index is 891. The standard InChI is InChI=1S/C12H10N2O4S2/c15-12-14-10-4-3-9(6-11(10)18-12)20(16,17)13-7-8-2-1-5-19-8/h1-6,13H,7H2,(H,14,15). The van der Waals surface area contributed by atoms with E-state index in [0.29, 0.717) is 5.52 Å². The number of sulfonamides is 1. The number of aromatic nitrogens is 1. The lowest BCUT2D eigenvalue weighted by atomic mass is 10.3. The molecule has 2 aromatic heterocycles. The number of thiophene rings is 1.